The van der Waals surface area contributed by atoms with Gasteiger partial charge in [0, 0.05) is 17.8 Å². The first-order chi connectivity index (χ1) is 14.2. The molecule has 29 heavy (non-hydrogen) atoms. The van der Waals surface area contributed by atoms with Gasteiger partial charge in [0.15, 0.2) is 22.5 Å². The molecule has 3 aromatic rings. The van der Waals surface area contributed by atoms with Crippen molar-refractivity contribution in [3.8, 4) is 22.2 Å². The molecule has 1 amide bonds. The lowest BCUT2D eigenvalue weighted by Crippen LogP contribution is -2.23. The average Bonchev–Trinajstić information content (AvgIpc) is 3.25. The van der Waals surface area contributed by atoms with Crippen molar-refractivity contribution in [3.05, 3.63) is 35.7 Å². The maximum atomic E-state index is 12.8. The van der Waals surface area contributed by atoms with Crippen molar-refractivity contribution in [3.63, 3.8) is 0 Å². The molecule has 1 atom stereocenters. The molecule has 2 aromatic heterocycles. The molecular formula is C20H20N4O3S2. The van der Waals surface area contributed by atoms with Gasteiger partial charge in [-0.05, 0) is 43.3 Å². The van der Waals surface area contributed by atoms with E-state index in [2.05, 4.69) is 26.1 Å². The molecule has 0 saturated heterocycles. The maximum Gasteiger partial charge on any atom is 0.237 e. The normalized spacial score (nSPS) is 16.4. The first kappa shape index (κ1) is 18.5. The summed E-state index contributed by atoms with van der Waals surface area (Å²) in [5.41, 5.74) is 0.689. The van der Waals surface area contributed by atoms with E-state index in [0.29, 0.717) is 36.4 Å². The highest BCUT2D eigenvalue weighted by molar-refractivity contribution is 8.00. The lowest BCUT2D eigenvalue weighted by Gasteiger charge is -2.19. The van der Waals surface area contributed by atoms with Crippen LogP contribution in [0.3, 0.4) is 0 Å². The predicted octanol–water partition coefficient (Wildman–Crippen LogP) is 4.23. The van der Waals surface area contributed by atoms with Gasteiger partial charge in [0.1, 0.15) is 13.2 Å². The molecule has 7 nitrogen and oxygen atoms in total. The summed E-state index contributed by atoms with van der Waals surface area (Å²) in [5.74, 6) is 2.16. The summed E-state index contributed by atoms with van der Waals surface area (Å²) in [6, 6.07) is 9.94. The van der Waals surface area contributed by atoms with E-state index < -0.39 is 0 Å². The number of nitrogens with zero attached hydrogens (tertiary/aromatic N) is 3. The van der Waals surface area contributed by atoms with Crippen LogP contribution in [-0.4, -0.2) is 39.1 Å². The molecule has 3 heterocycles. The number of aromatic nitrogens is 3. The van der Waals surface area contributed by atoms with Crippen LogP contribution in [0.4, 0.5) is 5.69 Å². The molecule has 1 saturated carbocycles. The van der Waals surface area contributed by atoms with Crippen molar-refractivity contribution in [1.82, 2.24) is 14.8 Å². The quantitative estimate of drug-likeness (QED) is 0.592. The molecule has 1 unspecified atom stereocenters. The van der Waals surface area contributed by atoms with Crippen LogP contribution in [0.15, 0.2) is 40.9 Å². The van der Waals surface area contributed by atoms with E-state index in [1.54, 1.807) is 17.4 Å². The number of hydrogen-bond donors (Lipinski definition) is 1. The standard InChI is InChI=1S/C20H20N4O3S2/c1-12(19(25)21-13-4-7-15-16(11-13)27-9-8-26-15)29-20-23-22-18(17-3-2-10-28-17)24(20)14-5-6-14/h2-4,7,10-12,14H,5-6,8-9H2,1H3,(H,21,25). The second kappa shape index (κ2) is 7.72. The number of carbonyl (C=O) groups is 1. The van der Waals surface area contributed by atoms with E-state index in [4.69, 9.17) is 9.47 Å². The topological polar surface area (TPSA) is 78.3 Å². The summed E-state index contributed by atoms with van der Waals surface area (Å²) in [6.45, 7) is 2.94. The molecule has 1 N–H and O–H groups in total. The van der Waals surface area contributed by atoms with Gasteiger partial charge in [-0.3, -0.25) is 9.36 Å². The Morgan fingerprint density at radius 1 is 1.24 bits per heavy atom. The van der Waals surface area contributed by atoms with Gasteiger partial charge in [-0.2, -0.15) is 0 Å². The molecular weight excluding hydrogens is 408 g/mol. The molecule has 1 aromatic carbocycles. The van der Waals surface area contributed by atoms with E-state index in [9.17, 15) is 4.79 Å². The molecule has 150 valence electrons. The summed E-state index contributed by atoms with van der Waals surface area (Å²) in [7, 11) is 0. The zero-order valence-electron chi connectivity index (χ0n) is 15.8. The van der Waals surface area contributed by atoms with Gasteiger partial charge in [-0.25, -0.2) is 0 Å². The maximum absolute atomic E-state index is 12.8. The second-order valence-corrected chi connectivity index (χ2v) is 9.25. The molecule has 1 fully saturated rings. The smallest absolute Gasteiger partial charge is 0.237 e. The number of anilines is 1. The largest absolute Gasteiger partial charge is 0.486 e. The van der Waals surface area contributed by atoms with Crippen LogP contribution in [0.1, 0.15) is 25.8 Å². The number of thiophene rings is 1. The van der Waals surface area contributed by atoms with Crippen LogP contribution < -0.4 is 14.8 Å². The number of hydrogen-bond acceptors (Lipinski definition) is 7. The number of thioether (sulfide) groups is 1. The summed E-state index contributed by atoms with van der Waals surface area (Å²) in [4.78, 5) is 13.9. The highest BCUT2D eigenvalue weighted by atomic mass is 32.2. The van der Waals surface area contributed by atoms with Crippen molar-refractivity contribution in [2.45, 2.75) is 36.2 Å². The van der Waals surface area contributed by atoms with E-state index in [0.717, 1.165) is 28.7 Å². The molecule has 1 aliphatic heterocycles. The number of benzene rings is 1. The Hall–Kier alpha value is -2.52. The van der Waals surface area contributed by atoms with Gasteiger partial charge in [0.2, 0.25) is 5.91 Å². The first-order valence-electron chi connectivity index (χ1n) is 9.55. The summed E-state index contributed by atoms with van der Waals surface area (Å²) in [5, 5.41) is 14.3. The molecule has 0 bridgehead atoms. The monoisotopic (exact) mass is 428 g/mol. The molecule has 1 aliphatic carbocycles. The number of rotatable bonds is 6. The summed E-state index contributed by atoms with van der Waals surface area (Å²) in [6.07, 6.45) is 2.25. The fourth-order valence-electron chi connectivity index (χ4n) is 3.17. The van der Waals surface area contributed by atoms with Crippen molar-refractivity contribution < 1.29 is 14.3 Å². The number of ether oxygens (including phenoxy) is 2. The molecule has 0 spiro atoms. The Balaban J connectivity index is 1.30. The fourth-order valence-corrected chi connectivity index (χ4v) is 4.79. The number of carbonyl (C=O) groups excluding carboxylic acids is 1. The fraction of sp³-hybridized carbons (Fsp3) is 0.350. The van der Waals surface area contributed by atoms with Crippen LogP contribution >= 0.6 is 23.1 Å². The third kappa shape index (κ3) is 3.84. The third-order valence-corrected chi connectivity index (χ3v) is 6.70. The minimum Gasteiger partial charge on any atom is -0.486 e. The minimum absolute atomic E-state index is 0.0882. The van der Waals surface area contributed by atoms with Gasteiger partial charge >= 0.3 is 0 Å². The van der Waals surface area contributed by atoms with Crippen molar-refractivity contribution >= 4 is 34.7 Å². The van der Waals surface area contributed by atoms with Crippen molar-refractivity contribution in [2.75, 3.05) is 18.5 Å². The third-order valence-electron chi connectivity index (χ3n) is 4.78. The summed E-state index contributed by atoms with van der Waals surface area (Å²) < 4.78 is 13.3. The van der Waals surface area contributed by atoms with Gasteiger partial charge in [0.25, 0.3) is 0 Å². The Labute approximate surface area is 176 Å². The van der Waals surface area contributed by atoms with Crippen molar-refractivity contribution in [1.29, 1.82) is 0 Å². The van der Waals surface area contributed by atoms with Crippen LogP contribution in [0.5, 0.6) is 11.5 Å². The number of nitrogens with one attached hydrogen (secondary N) is 1. The van der Waals surface area contributed by atoms with Gasteiger partial charge in [0.05, 0.1) is 10.1 Å². The predicted molar refractivity (Wildman–Crippen MR) is 113 cm³/mol. The molecule has 2 aliphatic rings. The number of fused-ring (bicyclic) bond motifs is 1. The van der Waals surface area contributed by atoms with Gasteiger partial charge in [-0.15, -0.1) is 21.5 Å². The Morgan fingerprint density at radius 3 is 2.83 bits per heavy atom. The highest BCUT2D eigenvalue weighted by Gasteiger charge is 2.31. The Bertz CT molecular complexity index is 1030. The molecule has 9 heteroatoms. The molecule has 5 rings (SSSR count). The first-order valence-corrected chi connectivity index (χ1v) is 11.3. The van der Waals surface area contributed by atoms with Crippen LogP contribution in [-0.2, 0) is 4.79 Å². The van der Waals surface area contributed by atoms with Crippen LogP contribution in [0.25, 0.3) is 10.7 Å². The number of amides is 1. The highest BCUT2D eigenvalue weighted by Crippen LogP contribution is 2.42. The molecule has 0 radical (unpaired) electrons. The lowest BCUT2D eigenvalue weighted by atomic mass is 10.2. The van der Waals surface area contributed by atoms with Crippen LogP contribution in [0, 0.1) is 0 Å². The Kier molecular flexibility index (Phi) is 4.92. The SMILES string of the molecule is CC(Sc1nnc(-c2cccs2)n1C1CC1)C(=O)Nc1ccc2c(c1)OCCO2. The van der Waals surface area contributed by atoms with Crippen molar-refractivity contribution in [2.24, 2.45) is 0 Å². The van der Waals surface area contributed by atoms with Gasteiger partial charge < -0.3 is 14.8 Å². The zero-order valence-corrected chi connectivity index (χ0v) is 17.5. The van der Waals surface area contributed by atoms with Gasteiger partial charge in [-0.1, -0.05) is 17.8 Å². The van der Waals surface area contributed by atoms with E-state index in [1.165, 1.54) is 11.8 Å². The van der Waals surface area contributed by atoms with Crippen LogP contribution in [0.2, 0.25) is 0 Å². The lowest BCUT2D eigenvalue weighted by molar-refractivity contribution is -0.115. The second-order valence-electron chi connectivity index (χ2n) is 6.99. The van der Waals surface area contributed by atoms with E-state index in [1.807, 2.05) is 30.5 Å². The summed E-state index contributed by atoms with van der Waals surface area (Å²) >= 11 is 3.09. The minimum atomic E-state index is -0.318. The zero-order chi connectivity index (χ0) is 19.8. The Morgan fingerprint density at radius 2 is 2.07 bits per heavy atom. The average molecular weight is 429 g/mol. The van der Waals surface area contributed by atoms with E-state index in [-0.39, 0.29) is 11.2 Å². The van der Waals surface area contributed by atoms with E-state index >= 15 is 0 Å².